The van der Waals surface area contributed by atoms with Crippen molar-refractivity contribution < 1.29 is 9.50 Å². The molecule has 1 N–H and O–H groups in total. The summed E-state index contributed by atoms with van der Waals surface area (Å²) in [5.74, 6) is -0.509. The van der Waals surface area contributed by atoms with Crippen LogP contribution in [0.3, 0.4) is 0 Å². The van der Waals surface area contributed by atoms with E-state index in [1.807, 2.05) is 25.1 Å². The molecular weight excluding hydrogens is 245 g/mol. The molecule has 0 aliphatic carbocycles. The van der Waals surface area contributed by atoms with Gasteiger partial charge in [0.2, 0.25) is 0 Å². The largest absolute Gasteiger partial charge is 0.391 e. The van der Waals surface area contributed by atoms with Gasteiger partial charge < -0.3 is 14.9 Å². The highest BCUT2D eigenvalue weighted by Gasteiger charge is 2.31. The second kappa shape index (κ2) is 5.55. The third kappa shape index (κ3) is 3.03. The molecule has 1 heterocycles. The van der Waals surface area contributed by atoms with E-state index in [0.29, 0.717) is 13.0 Å². The molecule has 102 valence electrons. The van der Waals surface area contributed by atoms with Gasteiger partial charge in [0.15, 0.2) is 0 Å². The third-order valence-electron chi connectivity index (χ3n) is 3.37. The molecule has 1 aromatic carbocycles. The molecule has 4 nitrogen and oxygen atoms in total. The summed E-state index contributed by atoms with van der Waals surface area (Å²) in [6, 6.07) is 6.58. The van der Waals surface area contributed by atoms with Crippen LogP contribution in [0, 0.1) is 17.1 Å². The number of aliphatic hydroxyl groups is 1. The van der Waals surface area contributed by atoms with Gasteiger partial charge in [-0.2, -0.15) is 5.26 Å². The average molecular weight is 263 g/mol. The van der Waals surface area contributed by atoms with Crippen molar-refractivity contribution in [1.29, 1.82) is 5.26 Å². The summed E-state index contributed by atoms with van der Waals surface area (Å²) in [4.78, 5) is 4.06. The third-order valence-corrected chi connectivity index (χ3v) is 3.37. The lowest BCUT2D eigenvalue weighted by Crippen LogP contribution is -2.37. The van der Waals surface area contributed by atoms with Crippen molar-refractivity contribution in [2.75, 3.05) is 32.1 Å². The summed E-state index contributed by atoms with van der Waals surface area (Å²) in [6.45, 7) is 1.31. The molecule has 0 aromatic heterocycles. The fraction of sp³-hybridized carbons (Fsp3) is 0.500. The fourth-order valence-electron chi connectivity index (χ4n) is 2.58. The summed E-state index contributed by atoms with van der Waals surface area (Å²) in [5.41, 5.74) is 0.771. The lowest BCUT2D eigenvalue weighted by atomic mass is 10.1. The summed E-state index contributed by atoms with van der Waals surface area (Å²) in [6.07, 6.45) is 0.295. The van der Waals surface area contributed by atoms with Crippen molar-refractivity contribution in [3.8, 4) is 6.07 Å². The molecule has 2 atom stereocenters. The van der Waals surface area contributed by atoms with E-state index < -0.39 is 5.82 Å². The molecule has 0 radical (unpaired) electrons. The first-order chi connectivity index (χ1) is 9.01. The number of anilines is 1. The highest BCUT2D eigenvalue weighted by molar-refractivity contribution is 5.52. The number of hydrogen-bond donors (Lipinski definition) is 1. The molecule has 2 rings (SSSR count). The van der Waals surface area contributed by atoms with Crippen molar-refractivity contribution in [2.24, 2.45) is 0 Å². The molecule has 0 saturated carbocycles. The van der Waals surface area contributed by atoms with Gasteiger partial charge >= 0.3 is 0 Å². The first-order valence-electron chi connectivity index (χ1n) is 6.30. The Morgan fingerprint density at radius 2 is 2.26 bits per heavy atom. The van der Waals surface area contributed by atoms with Gasteiger partial charge in [0.05, 0.1) is 11.7 Å². The first kappa shape index (κ1) is 13.8. The van der Waals surface area contributed by atoms with Crippen LogP contribution in [0.5, 0.6) is 0 Å². The maximum absolute atomic E-state index is 13.7. The Hall–Kier alpha value is -1.64. The Labute approximate surface area is 112 Å². The van der Waals surface area contributed by atoms with E-state index in [4.69, 9.17) is 5.26 Å². The molecule has 2 unspecified atom stereocenters. The fourth-order valence-corrected chi connectivity index (χ4v) is 2.58. The lowest BCUT2D eigenvalue weighted by Gasteiger charge is -2.28. The van der Waals surface area contributed by atoms with Crippen molar-refractivity contribution in [1.82, 2.24) is 4.90 Å². The molecule has 1 saturated heterocycles. The van der Waals surface area contributed by atoms with Crippen LogP contribution in [-0.4, -0.2) is 49.3 Å². The number of halogens is 1. The quantitative estimate of drug-likeness (QED) is 0.890. The summed E-state index contributed by atoms with van der Waals surface area (Å²) in [7, 11) is 3.95. The predicted molar refractivity (Wildman–Crippen MR) is 71.4 cm³/mol. The van der Waals surface area contributed by atoms with Crippen LogP contribution < -0.4 is 4.90 Å². The summed E-state index contributed by atoms with van der Waals surface area (Å²) < 4.78 is 13.7. The average Bonchev–Trinajstić information content (AvgIpc) is 2.69. The molecule has 1 aromatic rings. The van der Waals surface area contributed by atoms with Gasteiger partial charge in [0.1, 0.15) is 11.9 Å². The zero-order chi connectivity index (χ0) is 14.0. The maximum atomic E-state index is 13.7. The Morgan fingerprint density at radius 3 is 2.84 bits per heavy atom. The molecule has 0 bridgehead atoms. The van der Waals surface area contributed by atoms with Crippen LogP contribution in [0.15, 0.2) is 18.2 Å². The van der Waals surface area contributed by atoms with Crippen LogP contribution in [0.1, 0.15) is 12.0 Å². The second-order valence-corrected chi connectivity index (χ2v) is 5.23. The van der Waals surface area contributed by atoms with Crippen molar-refractivity contribution >= 4 is 5.69 Å². The van der Waals surface area contributed by atoms with Gasteiger partial charge in [-0.1, -0.05) is 0 Å². The second-order valence-electron chi connectivity index (χ2n) is 5.23. The number of rotatable bonds is 3. The molecule has 5 heteroatoms. The Bertz CT molecular complexity index is 498. The molecule has 0 spiro atoms. The van der Waals surface area contributed by atoms with Gasteiger partial charge in [-0.15, -0.1) is 0 Å². The van der Waals surface area contributed by atoms with E-state index in [0.717, 1.165) is 12.2 Å². The first-order valence-corrected chi connectivity index (χ1v) is 6.30. The normalized spacial score (nSPS) is 22.8. The molecule has 19 heavy (non-hydrogen) atoms. The summed E-state index contributed by atoms with van der Waals surface area (Å²) >= 11 is 0. The smallest absolute Gasteiger partial charge is 0.143 e. The predicted octanol–water partition coefficient (Wildman–Crippen LogP) is 1.20. The van der Waals surface area contributed by atoms with Gasteiger partial charge in [-0.05, 0) is 38.7 Å². The highest BCUT2D eigenvalue weighted by Crippen LogP contribution is 2.27. The van der Waals surface area contributed by atoms with Crippen LogP contribution in [0.4, 0.5) is 10.1 Å². The van der Waals surface area contributed by atoms with E-state index in [1.165, 1.54) is 12.1 Å². The monoisotopic (exact) mass is 263 g/mol. The molecule has 1 fully saturated rings. The Balaban J connectivity index is 2.24. The van der Waals surface area contributed by atoms with Gasteiger partial charge in [0.25, 0.3) is 0 Å². The highest BCUT2D eigenvalue weighted by atomic mass is 19.1. The maximum Gasteiger partial charge on any atom is 0.143 e. The van der Waals surface area contributed by atoms with Crippen LogP contribution in [0.25, 0.3) is 0 Å². The molecule has 1 aliphatic rings. The number of nitrogens with zero attached hydrogens (tertiary/aromatic N) is 3. The van der Waals surface area contributed by atoms with E-state index in [9.17, 15) is 9.50 Å². The van der Waals surface area contributed by atoms with Crippen molar-refractivity contribution in [3.05, 3.63) is 29.6 Å². The number of β-amino-alcohol motifs (C(OH)–C–C–N with tert-alkyl or cyclic N) is 1. The van der Waals surface area contributed by atoms with Crippen molar-refractivity contribution in [2.45, 2.75) is 18.6 Å². The number of benzene rings is 1. The van der Waals surface area contributed by atoms with Gasteiger partial charge in [0, 0.05) is 24.8 Å². The molecule has 0 amide bonds. The lowest BCUT2D eigenvalue weighted by molar-refractivity contribution is 0.191. The Kier molecular flexibility index (Phi) is 4.03. The zero-order valence-electron chi connectivity index (χ0n) is 11.2. The SMILES string of the molecule is CN(C)CC1CC(O)CN1c1ccc(C#N)c(F)c1. The van der Waals surface area contributed by atoms with E-state index in [2.05, 4.69) is 4.90 Å². The van der Waals surface area contributed by atoms with Crippen LogP contribution in [0.2, 0.25) is 0 Å². The standard InChI is InChI=1S/C14H18FN3O/c1-17(2)8-12-5-13(19)9-18(12)11-4-3-10(7-16)14(15)6-11/h3-4,6,12-13,19H,5,8-9H2,1-2H3. The molecular formula is C14H18FN3O. The molecule has 1 aliphatic heterocycles. The van der Waals surface area contributed by atoms with Gasteiger partial charge in [-0.25, -0.2) is 4.39 Å². The minimum absolute atomic E-state index is 0.0488. The number of hydrogen-bond acceptors (Lipinski definition) is 4. The number of nitriles is 1. The minimum Gasteiger partial charge on any atom is -0.391 e. The van der Waals surface area contributed by atoms with E-state index >= 15 is 0 Å². The van der Waals surface area contributed by atoms with Gasteiger partial charge in [-0.3, -0.25) is 0 Å². The van der Waals surface area contributed by atoms with Crippen molar-refractivity contribution in [3.63, 3.8) is 0 Å². The summed E-state index contributed by atoms with van der Waals surface area (Å²) in [5, 5.41) is 18.5. The van der Waals surface area contributed by atoms with E-state index in [1.54, 1.807) is 6.07 Å². The minimum atomic E-state index is -0.509. The van der Waals surface area contributed by atoms with E-state index in [-0.39, 0.29) is 17.7 Å². The number of likely N-dealkylation sites (N-methyl/N-ethyl adjacent to an activating group) is 1. The van der Waals surface area contributed by atoms with Crippen LogP contribution >= 0.6 is 0 Å². The zero-order valence-corrected chi connectivity index (χ0v) is 11.2. The topological polar surface area (TPSA) is 50.5 Å². The van der Waals surface area contributed by atoms with Crippen LogP contribution in [-0.2, 0) is 0 Å². The number of aliphatic hydroxyl groups excluding tert-OH is 1. The Morgan fingerprint density at radius 1 is 1.53 bits per heavy atom.